The summed E-state index contributed by atoms with van der Waals surface area (Å²) >= 11 is 0. The number of piperidine rings is 1. The van der Waals surface area contributed by atoms with E-state index < -0.39 is 0 Å². The van der Waals surface area contributed by atoms with Crippen LogP contribution in [0.15, 0.2) is 53.3 Å². The molecule has 0 saturated carbocycles. The summed E-state index contributed by atoms with van der Waals surface area (Å²) in [5.41, 5.74) is 14.9. The second-order valence-electron chi connectivity index (χ2n) is 7.14. The van der Waals surface area contributed by atoms with Gasteiger partial charge >= 0.3 is 0 Å². The van der Waals surface area contributed by atoms with Gasteiger partial charge in [-0.05, 0) is 36.1 Å². The van der Waals surface area contributed by atoms with Crippen LogP contribution < -0.4 is 21.9 Å². The molecule has 27 heavy (non-hydrogen) atoms. The van der Waals surface area contributed by atoms with E-state index in [9.17, 15) is 4.79 Å². The molecule has 1 fully saturated rings. The van der Waals surface area contributed by atoms with Crippen LogP contribution in [0, 0.1) is 0 Å². The highest BCUT2D eigenvalue weighted by molar-refractivity contribution is 5.78. The molecule has 0 aliphatic carbocycles. The van der Waals surface area contributed by atoms with Crippen molar-refractivity contribution in [3.05, 3.63) is 70.0 Å². The standard InChI is InChI=1S/C21H25N5O/c22-12-15-6-1-2-7-16(15)13-26-20(27)18-9-3-4-10-19(18)24-21(26)25-11-5-8-17(23)14-25/h1-4,6-7,9-10,17H,5,8,11-14,22-23H2/t17-/m1/s1. The van der Waals surface area contributed by atoms with Gasteiger partial charge in [0.05, 0.1) is 17.4 Å². The molecule has 4 rings (SSSR count). The van der Waals surface area contributed by atoms with E-state index in [1.54, 1.807) is 4.57 Å². The van der Waals surface area contributed by atoms with Gasteiger partial charge in [-0.25, -0.2) is 4.98 Å². The minimum absolute atomic E-state index is 0.0263. The Morgan fingerprint density at radius 1 is 1.07 bits per heavy atom. The topological polar surface area (TPSA) is 90.2 Å². The van der Waals surface area contributed by atoms with Crippen molar-refractivity contribution in [1.29, 1.82) is 0 Å². The predicted molar refractivity (Wildman–Crippen MR) is 109 cm³/mol. The summed E-state index contributed by atoms with van der Waals surface area (Å²) < 4.78 is 1.77. The van der Waals surface area contributed by atoms with Crippen LogP contribution in [0.1, 0.15) is 24.0 Å². The fourth-order valence-electron chi connectivity index (χ4n) is 3.81. The number of hydrogen-bond acceptors (Lipinski definition) is 5. The van der Waals surface area contributed by atoms with Crippen LogP contribution in [0.3, 0.4) is 0 Å². The Hall–Kier alpha value is -2.70. The summed E-state index contributed by atoms with van der Waals surface area (Å²) in [7, 11) is 0. The Balaban J connectivity index is 1.87. The summed E-state index contributed by atoms with van der Waals surface area (Å²) in [5.74, 6) is 0.695. The molecule has 4 N–H and O–H groups in total. The first-order chi connectivity index (χ1) is 13.2. The Bertz CT molecular complexity index is 1010. The molecule has 6 heteroatoms. The van der Waals surface area contributed by atoms with Crippen molar-refractivity contribution in [2.24, 2.45) is 11.5 Å². The lowest BCUT2D eigenvalue weighted by Gasteiger charge is -2.33. The monoisotopic (exact) mass is 363 g/mol. The molecule has 0 amide bonds. The average molecular weight is 363 g/mol. The third-order valence-corrected chi connectivity index (χ3v) is 5.25. The second kappa shape index (κ2) is 7.50. The summed E-state index contributed by atoms with van der Waals surface area (Å²) in [5, 5.41) is 0.632. The third-order valence-electron chi connectivity index (χ3n) is 5.25. The van der Waals surface area contributed by atoms with Crippen LogP contribution in [-0.2, 0) is 13.1 Å². The van der Waals surface area contributed by atoms with Gasteiger partial charge in [0.2, 0.25) is 5.95 Å². The van der Waals surface area contributed by atoms with E-state index in [4.69, 9.17) is 16.5 Å². The first-order valence-corrected chi connectivity index (χ1v) is 9.44. The van der Waals surface area contributed by atoms with Gasteiger partial charge in [0.25, 0.3) is 5.56 Å². The van der Waals surface area contributed by atoms with Gasteiger partial charge in [-0.3, -0.25) is 9.36 Å². The molecule has 6 nitrogen and oxygen atoms in total. The van der Waals surface area contributed by atoms with Crippen molar-refractivity contribution in [1.82, 2.24) is 9.55 Å². The smallest absolute Gasteiger partial charge is 0.263 e. The summed E-state index contributed by atoms with van der Waals surface area (Å²) in [6, 6.07) is 15.6. The molecular weight excluding hydrogens is 338 g/mol. The van der Waals surface area contributed by atoms with Gasteiger partial charge in [-0.2, -0.15) is 0 Å². The van der Waals surface area contributed by atoms with Crippen LogP contribution in [0.25, 0.3) is 10.9 Å². The number of aromatic nitrogens is 2. The molecule has 1 aliphatic rings. The molecule has 2 heterocycles. The molecule has 3 aromatic rings. The summed E-state index contributed by atoms with van der Waals surface area (Å²) in [6.07, 6.45) is 2.01. The molecular formula is C21H25N5O. The van der Waals surface area contributed by atoms with E-state index in [1.807, 2.05) is 48.5 Å². The highest BCUT2D eigenvalue weighted by Crippen LogP contribution is 2.21. The minimum Gasteiger partial charge on any atom is -0.341 e. The molecule has 0 radical (unpaired) electrons. The van der Waals surface area contributed by atoms with Crippen LogP contribution in [0.2, 0.25) is 0 Å². The van der Waals surface area contributed by atoms with Crippen LogP contribution in [0.4, 0.5) is 5.95 Å². The summed E-state index contributed by atoms with van der Waals surface area (Å²) in [4.78, 5) is 20.3. The van der Waals surface area contributed by atoms with Crippen molar-refractivity contribution in [2.75, 3.05) is 18.0 Å². The Kier molecular flexibility index (Phi) is 4.92. The van der Waals surface area contributed by atoms with Gasteiger partial charge in [0.1, 0.15) is 0 Å². The molecule has 1 aliphatic heterocycles. The van der Waals surface area contributed by atoms with Crippen molar-refractivity contribution in [3.63, 3.8) is 0 Å². The van der Waals surface area contributed by atoms with Gasteiger partial charge in [-0.1, -0.05) is 36.4 Å². The Morgan fingerprint density at radius 3 is 2.59 bits per heavy atom. The van der Waals surface area contributed by atoms with E-state index in [1.165, 1.54) is 0 Å². The van der Waals surface area contributed by atoms with Gasteiger partial charge in [0.15, 0.2) is 0 Å². The number of hydrogen-bond donors (Lipinski definition) is 2. The lowest BCUT2D eigenvalue weighted by molar-refractivity contribution is 0.491. The maximum Gasteiger partial charge on any atom is 0.263 e. The lowest BCUT2D eigenvalue weighted by atomic mass is 10.1. The molecule has 1 aromatic heterocycles. The maximum atomic E-state index is 13.3. The molecule has 140 valence electrons. The van der Waals surface area contributed by atoms with Crippen molar-refractivity contribution in [2.45, 2.75) is 32.0 Å². The largest absolute Gasteiger partial charge is 0.341 e. The molecule has 0 bridgehead atoms. The lowest BCUT2D eigenvalue weighted by Crippen LogP contribution is -2.45. The van der Waals surface area contributed by atoms with Gasteiger partial charge in [0, 0.05) is 25.7 Å². The minimum atomic E-state index is -0.0263. The van der Waals surface area contributed by atoms with Gasteiger partial charge in [-0.15, -0.1) is 0 Å². The number of fused-ring (bicyclic) bond motifs is 1. The molecule has 1 atom stereocenters. The van der Waals surface area contributed by atoms with Crippen molar-refractivity contribution in [3.8, 4) is 0 Å². The fourth-order valence-corrected chi connectivity index (χ4v) is 3.81. The fraction of sp³-hybridized carbons (Fsp3) is 0.333. The maximum absolute atomic E-state index is 13.3. The number of nitrogens with zero attached hydrogens (tertiary/aromatic N) is 3. The number of rotatable bonds is 4. The van der Waals surface area contributed by atoms with E-state index in [0.29, 0.717) is 31.0 Å². The van der Waals surface area contributed by atoms with Crippen LogP contribution in [-0.4, -0.2) is 28.7 Å². The van der Waals surface area contributed by atoms with Crippen molar-refractivity contribution < 1.29 is 0 Å². The normalized spacial score (nSPS) is 17.4. The van der Waals surface area contributed by atoms with Crippen molar-refractivity contribution >= 4 is 16.9 Å². The third kappa shape index (κ3) is 3.46. The van der Waals surface area contributed by atoms with Gasteiger partial charge < -0.3 is 16.4 Å². The van der Waals surface area contributed by atoms with Crippen LogP contribution >= 0.6 is 0 Å². The zero-order valence-electron chi connectivity index (χ0n) is 15.3. The molecule has 0 unspecified atom stereocenters. The van der Waals surface area contributed by atoms with E-state index in [2.05, 4.69) is 4.90 Å². The first-order valence-electron chi connectivity index (χ1n) is 9.44. The average Bonchev–Trinajstić information content (AvgIpc) is 2.70. The van der Waals surface area contributed by atoms with E-state index in [0.717, 1.165) is 36.0 Å². The number of anilines is 1. The summed E-state index contributed by atoms with van der Waals surface area (Å²) in [6.45, 7) is 2.46. The van der Waals surface area contributed by atoms with E-state index >= 15 is 0 Å². The zero-order valence-corrected chi connectivity index (χ0v) is 15.3. The molecule has 2 aromatic carbocycles. The second-order valence-corrected chi connectivity index (χ2v) is 7.14. The number of para-hydroxylation sites is 1. The van der Waals surface area contributed by atoms with Crippen LogP contribution in [0.5, 0.6) is 0 Å². The number of nitrogens with two attached hydrogens (primary N) is 2. The Labute approximate surface area is 158 Å². The Morgan fingerprint density at radius 2 is 1.81 bits per heavy atom. The molecule has 1 saturated heterocycles. The number of benzene rings is 2. The SMILES string of the molecule is NCc1ccccc1Cn1c(N2CCC[C@@H](N)C2)nc2ccccc2c1=O. The molecule has 0 spiro atoms. The predicted octanol–water partition coefficient (Wildman–Crippen LogP) is 1.83. The first kappa shape index (κ1) is 17.7. The highest BCUT2D eigenvalue weighted by atomic mass is 16.1. The van der Waals surface area contributed by atoms with E-state index in [-0.39, 0.29) is 11.6 Å². The highest BCUT2D eigenvalue weighted by Gasteiger charge is 2.22. The quantitative estimate of drug-likeness (QED) is 0.738. The zero-order chi connectivity index (χ0) is 18.8.